The van der Waals surface area contributed by atoms with E-state index in [0.717, 1.165) is 10.6 Å². The Morgan fingerprint density at radius 1 is 0.862 bits per heavy atom. The molecule has 2 unspecified atom stereocenters. The third-order valence-corrected chi connectivity index (χ3v) is 11.7. The number of imidazole rings is 1. The molecule has 26 nitrogen and oxygen atoms in total. The van der Waals surface area contributed by atoms with Gasteiger partial charge in [-0.25, -0.2) is 18.9 Å². The van der Waals surface area contributed by atoms with Crippen molar-refractivity contribution in [1.29, 1.82) is 0 Å². The number of aliphatic hydroxyl groups excluding tert-OH is 2. The van der Waals surface area contributed by atoms with Crippen LogP contribution in [0.3, 0.4) is 0 Å². The van der Waals surface area contributed by atoms with Crippen LogP contribution < -0.4 is 28.1 Å². The average molecular weight is 860 g/mol. The summed E-state index contributed by atoms with van der Waals surface area (Å²) < 4.78 is 69.1. The number of aromatic amines is 1. The number of aromatic nitrogens is 7. The highest BCUT2D eigenvalue weighted by Gasteiger charge is 2.46. The summed E-state index contributed by atoms with van der Waals surface area (Å²) in [6.07, 6.45) is -7.36. The van der Waals surface area contributed by atoms with E-state index in [-0.39, 0.29) is 47.9 Å². The van der Waals surface area contributed by atoms with Crippen LogP contribution in [0.15, 0.2) is 45.2 Å². The Labute approximate surface area is 324 Å². The molecule has 0 spiro atoms. The van der Waals surface area contributed by atoms with Gasteiger partial charge in [0.2, 0.25) is 11.4 Å². The maximum absolute atomic E-state index is 13.3. The second kappa shape index (κ2) is 16.3. The molecule has 4 aromatic heterocycles. The Hall–Kier alpha value is -4.40. The number of pyridine rings is 1. The summed E-state index contributed by atoms with van der Waals surface area (Å²) in [6.45, 7) is -0.728. The number of ether oxygens (including phenoxy) is 3. The fraction of sp³-hybridized carbons (Fsp3) is 0.533. The standard InChI is InChI=1S/C30H39N9O17P2/c1-13-26(43)14(41)2-4-37(13)23-8-17(56-57(46,47)50-10-19-15(42)6-22(53-19)38-5-3-21(31)34-30(38)45)20(54-23)11-51-58(48,49)55-16-7-24(52-18(16)9-40)39-12-33-25-27(39)35-29(32)36-28(25)44/h2-5,12,15-20,22-24,40,42-43H,6-11H2,1H3,(H,46,47)(H,48,49)(H2,31,34,45)(H3,32,35,36,44)/t15-,16-,17-,18+,19+,20+,22+,23+,24+/m0/s1. The van der Waals surface area contributed by atoms with Crippen molar-refractivity contribution in [3.05, 3.63) is 67.6 Å². The number of phosphoric ester groups is 2. The van der Waals surface area contributed by atoms with E-state index in [2.05, 4.69) is 19.9 Å². The molecule has 0 radical (unpaired) electrons. The minimum atomic E-state index is -5.05. The first-order chi connectivity index (χ1) is 27.4. The van der Waals surface area contributed by atoms with Gasteiger partial charge in [-0.1, -0.05) is 0 Å². The summed E-state index contributed by atoms with van der Waals surface area (Å²) in [5.74, 6) is -0.822. The van der Waals surface area contributed by atoms with Crippen LogP contribution in [0, 0.1) is 6.92 Å². The summed E-state index contributed by atoms with van der Waals surface area (Å²) in [4.78, 5) is 72.1. The topological polar surface area (TPSA) is 372 Å². The Morgan fingerprint density at radius 2 is 1.45 bits per heavy atom. The molecule has 28 heteroatoms. The lowest BCUT2D eigenvalue weighted by Crippen LogP contribution is -2.31. The van der Waals surface area contributed by atoms with Gasteiger partial charge in [0.15, 0.2) is 16.9 Å². The molecule has 58 heavy (non-hydrogen) atoms. The van der Waals surface area contributed by atoms with Crippen LogP contribution in [0.5, 0.6) is 5.75 Å². The van der Waals surface area contributed by atoms with E-state index >= 15 is 0 Å². The fourth-order valence-corrected chi connectivity index (χ4v) is 8.72. The highest BCUT2D eigenvalue weighted by Crippen LogP contribution is 2.52. The third-order valence-electron chi connectivity index (χ3n) is 9.67. The van der Waals surface area contributed by atoms with E-state index in [0.29, 0.717) is 0 Å². The molecule has 316 valence electrons. The maximum atomic E-state index is 13.3. The molecule has 3 fully saturated rings. The number of anilines is 2. The monoisotopic (exact) mass is 859 g/mol. The number of nitrogens with zero attached hydrogens (tertiary/aromatic N) is 6. The molecule has 11 atom stereocenters. The highest BCUT2D eigenvalue weighted by molar-refractivity contribution is 7.47. The number of H-pyrrole nitrogens is 1. The van der Waals surface area contributed by atoms with Crippen LogP contribution in [-0.2, 0) is 41.4 Å². The zero-order valence-electron chi connectivity index (χ0n) is 30.2. The largest absolute Gasteiger partial charge is 0.503 e. The second-order valence-electron chi connectivity index (χ2n) is 13.5. The smallest absolute Gasteiger partial charge is 0.472 e. The van der Waals surface area contributed by atoms with Crippen LogP contribution in [0.25, 0.3) is 11.2 Å². The number of nitrogens with two attached hydrogens (primary N) is 2. The number of aliphatic hydroxyl groups is 2. The number of fused-ring (bicyclic) bond motifs is 1. The predicted molar refractivity (Wildman–Crippen MR) is 193 cm³/mol. The third kappa shape index (κ3) is 8.79. The van der Waals surface area contributed by atoms with Gasteiger partial charge in [-0.2, -0.15) is 9.97 Å². The summed E-state index contributed by atoms with van der Waals surface area (Å²) in [7, 11) is -10.1. The normalized spacial score (nSPS) is 29.5. The summed E-state index contributed by atoms with van der Waals surface area (Å²) in [5.41, 5.74) is 9.21. The van der Waals surface area contributed by atoms with E-state index in [4.69, 9.17) is 43.8 Å². The molecule has 3 aliphatic heterocycles. The van der Waals surface area contributed by atoms with E-state index in [1.807, 2.05) is 0 Å². The Balaban J connectivity index is 1.02. The van der Waals surface area contributed by atoms with Crippen LogP contribution in [0.2, 0.25) is 0 Å². The van der Waals surface area contributed by atoms with Gasteiger partial charge in [-0.3, -0.25) is 41.8 Å². The quantitative estimate of drug-likeness (QED) is 0.0678. The van der Waals surface area contributed by atoms with Gasteiger partial charge in [0.25, 0.3) is 5.56 Å². The van der Waals surface area contributed by atoms with Crippen LogP contribution in [-0.4, -0.2) is 115 Å². The molecule has 3 aliphatic rings. The van der Waals surface area contributed by atoms with Crippen molar-refractivity contribution in [3.8, 4) is 5.75 Å². The summed E-state index contributed by atoms with van der Waals surface area (Å²) in [6, 6.07) is 2.40. The minimum absolute atomic E-state index is 0.0282. The van der Waals surface area contributed by atoms with E-state index in [1.54, 1.807) is 0 Å². The van der Waals surface area contributed by atoms with Gasteiger partial charge in [-0.15, -0.1) is 0 Å². The average Bonchev–Trinajstić information content (AvgIpc) is 3.94. The molecule has 0 amide bonds. The molecule has 7 rings (SSSR count). The number of nitrogens with one attached hydrogen (secondary N) is 1. The molecule has 10 N–H and O–H groups in total. The van der Waals surface area contributed by atoms with Crippen LogP contribution in [0.1, 0.15) is 43.6 Å². The van der Waals surface area contributed by atoms with Crippen LogP contribution >= 0.6 is 15.6 Å². The predicted octanol–water partition coefficient (Wildman–Crippen LogP) is -1.36. The highest BCUT2D eigenvalue weighted by atomic mass is 31.2. The molecular weight excluding hydrogens is 820 g/mol. The lowest BCUT2D eigenvalue weighted by Gasteiger charge is -2.24. The first-order valence-corrected chi connectivity index (χ1v) is 20.5. The molecule has 0 saturated carbocycles. The van der Waals surface area contributed by atoms with Gasteiger partial charge >= 0.3 is 21.3 Å². The Kier molecular flexibility index (Phi) is 11.8. The Morgan fingerprint density at radius 3 is 2.12 bits per heavy atom. The number of rotatable bonds is 14. The molecule has 7 heterocycles. The number of aromatic hydroxyl groups is 1. The second-order valence-corrected chi connectivity index (χ2v) is 16.3. The van der Waals surface area contributed by atoms with Crippen LogP contribution in [0.4, 0.5) is 11.8 Å². The summed E-state index contributed by atoms with van der Waals surface area (Å²) >= 11 is 0. The van der Waals surface area contributed by atoms with E-state index in [1.165, 1.54) is 40.8 Å². The maximum Gasteiger partial charge on any atom is 0.472 e. The van der Waals surface area contributed by atoms with Gasteiger partial charge in [0, 0.05) is 37.7 Å². The van der Waals surface area contributed by atoms with Crippen molar-refractivity contribution in [3.63, 3.8) is 0 Å². The first kappa shape index (κ1) is 41.7. The molecule has 3 saturated heterocycles. The molecular formula is C30H39N9O17P2. The lowest BCUT2D eigenvalue weighted by molar-refractivity contribution is -0.0613. The number of nitrogen functional groups attached to an aromatic ring is 2. The van der Waals surface area contributed by atoms with Gasteiger partial charge in [-0.05, 0) is 13.0 Å². The van der Waals surface area contributed by atoms with E-state index in [9.17, 15) is 48.6 Å². The number of hydrogen-bond acceptors (Lipinski definition) is 20. The van der Waals surface area contributed by atoms with Crippen molar-refractivity contribution >= 4 is 38.6 Å². The molecule has 0 bridgehead atoms. The van der Waals surface area contributed by atoms with Gasteiger partial charge in [0.1, 0.15) is 55.0 Å². The molecule has 0 aromatic carbocycles. The number of hydrogen-bond donors (Lipinski definition) is 8. The number of phosphoric acid groups is 2. The zero-order chi connectivity index (χ0) is 41.7. The van der Waals surface area contributed by atoms with Crippen molar-refractivity contribution < 1.29 is 66.5 Å². The van der Waals surface area contributed by atoms with Gasteiger partial charge < -0.3 is 55.4 Å². The van der Waals surface area contributed by atoms with Crippen molar-refractivity contribution in [2.24, 2.45) is 0 Å². The molecule has 4 aromatic rings. The Bertz CT molecular complexity index is 2440. The van der Waals surface area contributed by atoms with E-state index < -0.39 is 113 Å². The lowest BCUT2D eigenvalue weighted by atomic mass is 10.2. The molecule has 0 aliphatic carbocycles. The fourth-order valence-electron chi connectivity index (χ4n) is 6.80. The van der Waals surface area contributed by atoms with Gasteiger partial charge in [0.05, 0.1) is 37.9 Å². The minimum Gasteiger partial charge on any atom is -0.503 e. The van der Waals surface area contributed by atoms with Crippen molar-refractivity contribution in [2.75, 3.05) is 31.3 Å². The van der Waals surface area contributed by atoms with Crippen molar-refractivity contribution in [1.82, 2.24) is 33.6 Å². The first-order valence-electron chi connectivity index (χ1n) is 17.5. The zero-order valence-corrected chi connectivity index (χ0v) is 32.0. The van der Waals surface area contributed by atoms with Crippen molar-refractivity contribution in [2.45, 2.75) is 81.5 Å². The summed E-state index contributed by atoms with van der Waals surface area (Å²) in [5, 5.41) is 30.8. The SMILES string of the molecule is Cc1c(O)c(=O)ccn1[C@H]1C[C@H](OP(=O)(O)OC[C@H]2O[C@@H](n3ccc(N)nc3=O)C[C@@H]2O)[C@@H](COP(=O)(O)O[C@H]2C[C@H](n3cnc4c(=O)[nH]c(N)nc43)O[C@@H]2CO)O1.